The zero-order valence-corrected chi connectivity index (χ0v) is 20.0. The molecule has 0 aliphatic heterocycles. The van der Waals surface area contributed by atoms with Crippen LogP contribution in [0.15, 0.2) is 40.9 Å². The van der Waals surface area contributed by atoms with Gasteiger partial charge in [-0.2, -0.15) is 0 Å². The Morgan fingerprint density at radius 3 is 2.40 bits per heavy atom. The fraction of sp³-hybridized carbons (Fsp3) is 0.458. The molecular weight excluding hydrogens is 446 g/mol. The first-order valence-electron chi connectivity index (χ1n) is 10.3. The topological polar surface area (TPSA) is 56.8 Å². The first-order chi connectivity index (χ1) is 14.3. The van der Waals surface area contributed by atoms with Gasteiger partial charge in [-0.05, 0) is 59.7 Å². The van der Waals surface area contributed by atoms with Crippen LogP contribution in [0.1, 0.15) is 51.2 Å². The van der Waals surface area contributed by atoms with Crippen molar-refractivity contribution in [1.29, 1.82) is 0 Å². The molecule has 0 unspecified atom stereocenters. The minimum atomic E-state index is -0.177. The molecule has 164 valence electrons. The van der Waals surface area contributed by atoms with Crippen molar-refractivity contribution in [1.82, 2.24) is 5.32 Å². The quantitative estimate of drug-likeness (QED) is 0.450. The summed E-state index contributed by atoms with van der Waals surface area (Å²) in [4.78, 5) is 12.3. The van der Waals surface area contributed by atoms with E-state index in [1.807, 2.05) is 36.4 Å². The predicted octanol–water partition coefficient (Wildman–Crippen LogP) is 5.70. The summed E-state index contributed by atoms with van der Waals surface area (Å²) in [5.41, 5.74) is 2.00. The van der Waals surface area contributed by atoms with Crippen molar-refractivity contribution in [3.05, 3.63) is 52.0 Å². The van der Waals surface area contributed by atoms with E-state index in [-0.39, 0.29) is 12.5 Å². The standard InChI is InChI=1S/C24H32BrNO4/c1-16(2)10-11-29-22-8-6-18(12-23(22)28-5)14-26-24(27)15-30-21-9-7-19(25)13-20(21)17(3)4/h6-9,12-13,16-17H,10-11,14-15H2,1-5H3,(H,26,27). The van der Waals surface area contributed by atoms with E-state index in [1.165, 1.54) is 0 Å². The second kappa shape index (κ2) is 11.8. The van der Waals surface area contributed by atoms with Crippen molar-refractivity contribution in [3.63, 3.8) is 0 Å². The van der Waals surface area contributed by atoms with Gasteiger partial charge in [0, 0.05) is 11.0 Å². The lowest BCUT2D eigenvalue weighted by molar-refractivity contribution is -0.123. The van der Waals surface area contributed by atoms with Crippen molar-refractivity contribution in [2.45, 2.75) is 46.6 Å². The van der Waals surface area contributed by atoms with Crippen LogP contribution in [0.5, 0.6) is 17.2 Å². The number of amides is 1. The van der Waals surface area contributed by atoms with Gasteiger partial charge in [0.1, 0.15) is 5.75 Å². The number of rotatable bonds is 11. The molecule has 1 N–H and O–H groups in total. The Kier molecular flexibility index (Phi) is 9.50. The number of nitrogens with one attached hydrogen (secondary N) is 1. The van der Waals surface area contributed by atoms with Crippen LogP contribution in [0, 0.1) is 5.92 Å². The second-order valence-corrected chi connectivity index (χ2v) is 8.83. The fourth-order valence-corrected chi connectivity index (χ4v) is 3.22. The Balaban J connectivity index is 1.89. The summed E-state index contributed by atoms with van der Waals surface area (Å²) in [5.74, 6) is 2.82. The van der Waals surface area contributed by atoms with Crippen LogP contribution in [0.4, 0.5) is 0 Å². The van der Waals surface area contributed by atoms with Crippen LogP contribution < -0.4 is 19.5 Å². The number of carbonyl (C=O) groups is 1. The van der Waals surface area contributed by atoms with Crippen LogP contribution in [0.2, 0.25) is 0 Å². The smallest absolute Gasteiger partial charge is 0.258 e. The SMILES string of the molecule is COc1cc(CNC(=O)COc2ccc(Br)cc2C(C)C)ccc1OCCC(C)C. The van der Waals surface area contributed by atoms with E-state index >= 15 is 0 Å². The summed E-state index contributed by atoms with van der Waals surface area (Å²) in [6.45, 7) is 9.52. The van der Waals surface area contributed by atoms with Crippen LogP contribution in [-0.4, -0.2) is 26.2 Å². The molecule has 5 nitrogen and oxygen atoms in total. The minimum absolute atomic E-state index is 0.0329. The molecule has 30 heavy (non-hydrogen) atoms. The average Bonchev–Trinajstić information content (AvgIpc) is 2.71. The van der Waals surface area contributed by atoms with Gasteiger partial charge in [0.25, 0.3) is 5.91 Å². The maximum absolute atomic E-state index is 12.3. The molecule has 1 amide bonds. The zero-order valence-electron chi connectivity index (χ0n) is 18.5. The molecule has 0 radical (unpaired) electrons. The Labute approximate surface area is 188 Å². The van der Waals surface area contributed by atoms with Crippen molar-refractivity contribution in [2.24, 2.45) is 5.92 Å². The van der Waals surface area contributed by atoms with E-state index in [1.54, 1.807) is 7.11 Å². The third-order valence-corrected chi connectivity index (χ3v) is 5.12. The number of hydrogen-bond donors (Lipinski definition) is 1. The van der Waals surface area contributed by atoms with E-state index < -0.39 is 0 Å². The lowest BCUT2D eigenvalue weighted by Crippen LogP contribution is -2.28. The van der Waals surface area contributed by atoms with Gasteiger partial charge in [0.15, 0.2) is 18.1 Å². The van der Waals surface area contributed by atoms with Gasteiger partial charge in [-0.15, -0.1) is 0 Å². The second-order valence-electron chi connectivity index (χ2n) is 7.92. The third-order valence-electron chi connectivity index (χ3n) is 4.62. The zero-order chi connectivity index (χ0) is 22.1. The first kappa shape index (κ1) is 24.1. The molecule has 0 fully saturated rings. The molecule has 0 aliphatic rings. The number of carbonyl (C=O) groups excluding carboxylic acids is 1. The monoisotopic (exact) mass is 477 g/mol. The molecule has 0 saturated heterocycles. The number of halogens is 1. The number of ether oxygens (including phenoxy) is 3. The lowest BCUT2D eigenvalue weighted by atomic mass is 10.0. The largest absolute Gasteiger partial charge is 0.493 e. The highest BCUT2D eigenvalue weighted by atomic mass is 79.9. The van der Waals surface area contributed by atoms with Crippen LogP contribution in [0.25, 0.3) is 0 Å². The van der Waals surface area contributed by atoms with Crippen molar-refractivity contribution >= 4 is 21.8 Å². The molecule has 2 aromatic carbocycles. The maximum Gasteiger partial charge on any atom is 0.258 e. The first-order valence-corrected chi connectivity index (χ1v) is 11.1. The number of hydrogen-bond acceptors (Lipinski definition) is 4. The Hall–Kier alpha value is -2.21. The van der Waals surface area contributed by atoms with Gasteiger partial charge in [0.2, 0.25) is 0 Å². The molecule has 0 saturated carbocycles. The van der Waals surface area contributed by atoms with E-state index in [4.69, 9.17) is 14.2 Å². The predicted molar refractivity (Wildman–Crippen MR) is 124 cm³/mol. The van der Waals surface area contributed by atoms with Crippen molar-refractivity contribution in [2.75, 3.05) is 20.3 Å². The van der Waals surface area contributed by atoms with Crippen LogP contribution in [-0.2, 0) is 11.3 Å². The number of methoxy groups -OCH3 is 1. The molecule has 0 spiro atoms. The van der Waals surface area contributed by atoms with Crippen molar-refractivity contribution in [3.8, 4) is 17.2 Å². The summed E-state index contributed by atoms with van der Waals surface area (Å²) >= 11 is 3.48. The van der Waals surface area contributed by atoms with Crippen molar-refractivity contribution < 1.29 is 19.0 Å². The minimum Gasteiger partial charge on any atom is -0.493 e. The molecule has 0 aromatic heterocycles. The van der Waals surface area contributed by atoms with Crippen LogP contribution in [0.3, 0.4) is 0 Å². The normalized spacial score (nSPS) is 10.9. The molecule has 2 aromatic rings. The average molecular weight is 478 g/mol. The maximum atomic E-state index is 12.3. The van der Waals surface area contributed by atoms with Gasteiger partial charge in [-0.25, -0.2) is 0 Å². The Morgan fingerprint density at radius 2 is 1.73 bits per heavy atom. The molecule has 0 atom stereocenters. The van der Waals surface area contributed by atoms with Gasteiger partial charge >= 0.3 is 0 Å². The Bertz CT molecular complexity index is 836. The summed E-state index contributed by atoms with van der Waals surface area (Å²) in [6.07, 6.45) is 0.984. The van der Waals surface area contributed by atoms with Crippen LogP contribution >= 0.6 is 15.9 Å². The highest BCUT2D eigenvalue weighted by Crippen LogP contribution is 2.30. The molecular formula is C24H32BrNO4. The summed E-state index contributed by atoms with van der Waals surface area (Å²) in [5, 5.41) is 2.89. The van der Waals surface area contributed by atoms with Gasteiger partial charge in [0.05, 0.1) is 13.7 Å². The fourth-order valence-electron chi connectivity index (χ4n) is 2.84. The highest BCUT2D eigenvalue weighted by molar-refractivity contribution is 9.10. The molecule has 0 bridgehead atoms. The van der Waals surface area contributed by atoms with E-state index in [9.17, 15) is 4.79 Å². The third kappa shape index (κ3) is 7.56. The molecule has 0 heterocycles. The Morgan fingerprint density at radius 1 is 1.00 bits per heavy atom. The van der Waals surface area contributed by atoms with Gasteiger partial charge in [-0.3, -0.25) is 4.79 Å². The summed E-state index contributed by atoms with van der Waals surface area (Å²) < 4.78 is 18.0. The van der Waals surface area contributed by atoms with Gasteiger partial charge < -0.3 is 19.5 Å². The number of benzene rings is 2. The molecule has 6 heteroatoms. The lowest BCUT2D eigenvalue weighted by Gasteiger charge is -2.15. The molecule has 0 aliphatic carbocycles. The highest BCUT2D eigenvalue weighted by Gasteiger charge is 2.11. The van der Waals surface area contributed by atoms with E-state index in [0.717, 1.165) is 27.8 Å². The van der Waals surface area contributed by atoms with E-state index in [2.05, 4.69) is 48.9 Å². The summed E-state index contributed by atoms with van der Waals surface area (Å²) in [6, 6.07) is 11.5. The summed E-state index contributed by atoms with van der Waals surface area (Å²) in [7, 11) is 1.62. The van der Waals surface area contributed by atoms with E-state index in [0.29, 0.717) is 36.5 Å². The molecule has 2 rings (SSSR count). The van der Waals surface area contributed by atoms with Gasteiger partial charge in [-0.1, -0.05) is 49.7 Å².